The van der Waals surface area contributed by atoms with Gasteiger partial charge in [-0.3, -0.25) is 4.79 Å². The van der Waals surface area contributed by atoms with Gasteiger partial charge in [0.2, 0.25) is 0 Å². The number of benzene rings is 3. The summed E-state index contributed by atoms with van der Waals surface area (Å²) >= 11 is 13.5. The van der Waals surface area contributed by atoms with Crippen molar-refractivity contribution >= 4 is 57.5 Å². The predicted octanol–water partition coefficient (Wildman–Crippen LogP) is 6.63. The first-order chi connectivity index (χ1) is 16.0. The van der Waals surface area contributed by atoms with Gasteiger partial charge in [-0.1, -0.05) is 35.3 Å². The monoisotopic (exact) mass is 496 g/mol. The molecule has 6 nitrogen and oxygen atoms in total. The van der Waals surface area contributed by atoms with Crippen LogP contribution in [0, 0.1) is 0 Å². The number of rotatable bonds is 7. The lowest BCUT2D eigenvalue weighted by Gasteiger charge is -2.04. The van der Waals surface area contributed by atoms with Crippen LogP contribution in [0.25, 0.3) is 11.3 Å². The Kier molecular flexibility index (Phi) is 7.24. The van der Waals surface area contributed by atoms with E-state index < -0.39 is 0 Å². The topological polar surface area (TPSA) is 75.6 Å². The van der Waals surface area contributed by atoms with Gasteiger partial charge in [-0.15, -0.1) is 11.3 Å². The zero-order valence-corrected chi connectivity index (χ0v) is 19.7. The summed E-state index contributed by atoms with van der Waals surface area (Å²) in [4.78, 5) is 17.0. The first-order valence-corrected chi connectivity index (χ1v) is 11.4. The van der Waals surface area contributed by atoms with Crippen LogP contribution in [0.2, 0.25) is 10.0 Å². The molecule has 0 spiro atoms. The average molecular weight is 497 g/mol. The highest BCUT2D eigenvalue weighted by molar-refractivity contribution is 7.14. The summed E-state index contributed by atoms with van der Waals surface area (Å²) in [7, 11) is 1.55. The Labute approximate surface area is 204 Å². The Balaban J connectivity index is 1.36. The van der Waals surface area contributed by atoms with Crippen molar-refractivity contribution in [3.63, 3.8) is 0 Å². The molecule has 4 rings (SSSR count). The lowest BCUT2D eigenvalue weighted by Crippen LogP contribution is -2.17. The van der Waals surface area contributed by atoms with Crippen LogP contribution in [0.3, 0.4) is 0 Å². The molecule has 1 heterocycles. The van der Waals surface area contributed by atoms with E-state index in [-0.39, 0.29) is 5.91 Å². The number of ether oxygens (including phenoxy) is 1. The first-order valence-electron chi connectivity index (χ1n) is 9.77. The molecule has 0 fully saturated rings. The Morgan fingerprint density at radius 3 is 2.52 bits per heavy atom. The number of methoxy groups -OCH3 is 1. The number of thiazole rings is 1. The van der Waals surface area contributed by atoms with Crippen molar-refractivity contribution in [2.24, 2.45) is 5.10 Å². The number of carbonyl (C=O) groups excluding carboxylic acids is 1. The van der Waals surface area contributed by atoms with E-state index in [1.807, 2.05) is 41.8 Å². The largest absolute Gasteiger partial charge is 0.495 e. The van der Waals surface area contributed by atoms with Crippen LogP contribution in [0.1, 0.15) is 15.9 Å². The standard InChI is InChI=1S/C24H18Cl2N4O2S/c1-32-22-11-2-15(12-20(22)26)13-27-30-23(31)17-5-3-16(4-6-17)21-14-33-24(29-21)28-19-9-7-18(25)8-10-19/h2-14H,1H3,(H,28,29)(H,30,31)/b27-13-. The van der Waals surface area contributed by atoms with E-state index in [1.54, 1.807) is 37.4 Å². The first kappa shape index (κ1) is 22.8. The highest BCUT2D eigenvalue weighted by atomic mass is 35.5. The fourth-order valence-electron chi connectivity index (χ4n) is 2.91. The molecule has 0 bridgehead atoms. The Bertz CT molecular complexity index is 1290. The molecule has 0 aliphatic heterocycles. The lowest BCUT2D eigenvalue weighted by atomic mass is 10.1. The number of nitrogens with zero attached hydrogens (tertiary/aromatic N) is 2. The Morgan fingerprint density at radius 2 is 1.82 bits per heavy atom. The van der Waals surface area contributed by atoms with Gasteiger partial charge >= 0.3 is 0 Å². The minimum Gasteiger partial charge on any atom is -0.495 e. The van der Waals surface area contributed by atoms with Crippen LogP contribution < -0.4 is 15.5 Å². The van der Waals surface area contributed by atoms with E-state index in [4.69, 9.17) is 27.9 Å². The van der Waals surface area contributed by atoms with E-state index in [0.717, 1.165) is 27.6 Å². The van der Waals surface area contributed by atoms with Crippen molar-refractivity contribution < 1.29 is 9.53 Å². The summed E-state index contributed by atoms with van der Waals surface area (Å²) < 4.78 is 5.12. The smallest absolute Gasteiger partial charge is 0.271 e. The molecule has 0 aliphatic carbocycles. The normalized spacial score (nSPS) is 10.9. The lowest BCUT2D eigenvalue weighted by molar-refractivity contribution is 0.0955. The highest BCUT2D eigenvalue weighted by Gasteiger charge is 2.08. The van der Waals surface area contributed by atoms with Gasteiger partial charge in [0.05, 0.1) is 24.0 Å². The number of hydrogen-bond acceptors (Lipinski definition) is 6. The van der Waals surface area contributed by atoms with Gasteiger partial charge in [-0.05, 0) is 60.2 Å². The molecule has 1 aromatic heterocycles. The van der Waals surface area contributed by atoms with E-state index in [9.17, 15) is 4.79 Å². The van der Waals surface area contributed by atoms with Gasteiger partial charge in [0.15, 0.2) is 5.13 Å². The van der Waals surface area contributed by atoms with Gasteiger partial charge < -0.3 is 10.1 Å². The molecule has 0 saturated carbocycles. The van der Waals surface area contributed by atoms with Gasteiger partial charge in [-0.25, -0.2) is 10.4 Å². The van der Waals surface area contributed by atoms with E-state index >= 15 is 0 Å². The van der Waals surface area contributed by atoms with E-state index in [1.165, 1.54) is 17.6 Å². The third-order valence-corrected chi connectivity index (χ3v) is 5.90. The molecule has 33 heavy (non-hydrogen) atoms. The second-order valence-corrected chi connectivity index (χ2v) is 8.54. The molecule has 4 aromatic rings. The van der Waals surface area contributed by atoms with Crippen molar-refractivity contribution in [2.45, 2.75) is 0 Å². The molecule has 0 radical (unpaired) electrons. The number of carbonyl (C=O) groups is 1. The average Bonchev–Trinajstić information content (AvgIpc) is 3.29. The van der Waals surface area contributed by atoms with Crippen molar-refractivity contribution in [3.05, 3.63) is 93.3 Å². The molecule has 2 N–H and O–H groups in total. The summed E-state index contributed by atoms with van der Waals surface area (Å²) in [6.07, 6.45) is 1.52. The van der Waals surface area contributed by atoms with Crippen molar-refractivity contribution in [2.75, 3.05) is 12.4 Å². The Hall–Kier alpha value is -3.39. The van der Waals surface area contributed by atoms with Crippen molar-refractivity contribution in [1.82, 2.24) is 10.4 Å². The summed E-state index contributed by atoms with van der Waals surface area (Å²) in [5.74, 6) is 0.256. The molecule has 166 valence electrons. The molecular weight excluding hydrogens is 479 g/mol. The SMILES string of the molecule is COc1ccc(/C=N\NC(=O)c2ccc(-c3csc(Nc4ccc(Cl)cc4)n3)cc2)cc1Cl. The predicted molar refractivity (Wildman–Crippen MR) is 135 cm³/mol. The molecule has 1 amide bonds. The molecular formula is C24H18Cl2N4O2S. The quantitative estimate of drug-likeness (QED) is 0.222. The molecule has 0 unspecified atom stereocenters. The van der Waals surface area contributed by atoms with Crippen LogP contribution in [0.5, 0.6) is 5.75 Å². The fourth-order valence-corrected chi connectivity index (χ4v) is 4.04. The number of anilines is 2. The molecule has 9 heteroatoms. The molecule has 0 saturated heterocycles. The summed E-state index contributed by atoms with van der Waals surface area (Å²) in [6.45, 7) is 0. The summed E-state index contributed by atoms with van der Waals surface area (Å²) in [5, 5.41) is 11.1. The minimum atomic E-state index is -0.319. The third kappa shape index (κ3) is 5.90. The molecule has 0 aliphatic rings. The van der Waals surface area contributed by atoms with E-state index in [0.29, 0.717) is 21.4 Å². The number of aromatic nitrogens is 1. The minimum absolute atomic E-state index is 0.319. The van der Waals surface area contributed by atoms with Crippen molar-refractivity contribution in [1.29, 1.82) is 0 Å². The van der Waals surface area contributed by atoms with Crippen LogP contribution in [-0.2, 0) is 0 Å². The van der Waals surface area contributed by atoms with Crippen LogP contribution in [0.15, 0.2) is 77.2 Å². The highest BCUT2D eigenvalue weighted by Crippen LogP contribution is 2.28. The number of hydrogen-bond donors (Lipinski definition) is 2. The van der Waals surface area contributed by atoms with Gasteiger partial charge in [0, 0.05) is 27.2 Å². The van der Waals surface area contributed by atoms with Gasteiger partial charge in [0.1, 0.15) is 5.75 Å². The van der Waals surface area contributed by atoms with Crippen LogP contribution >= 0.6 is 34.5 Å². The van der Waals surface area contributed by atoms with E-state index in [2.05, 4.69) is 20.8 Å². The maximum atomic E-state index is 12.4. The number of amides is 1. The zero-order valence-electron chi connectivity index (χ0n) is 17.4. The van der Waals surface area contributed by atoms with Gasteiger partial charge in [0.25, 0.3) is 5.91 Å². The molecule has 3 aromatic carbocycles. The maximum absolute atomic E-state index is 12.4. The number of halogens is 2. The van der Waals surface area contributed by atoms with Crippen LogP contribution in [0.4, 0.5) is 10.8 Å². The second-order valence-electron chi connectivity index (χ2n) is 6.84. The fraction of sp³-hybridized carbons (Fsp3) is 0.0417. The second kappa shape index (κ2) is 10.5. The van der Waals surface area contributed by atoms with Gasteiger partial charge in [-0.2, -0.15) is 5.10 Å². The van der Waals surface area contributed by atoms with Crippen molar-refractivity contribution in [3.8, 4) is 17.0 Å². The maximum Gasteiger partial charge on any atom is 0.271 e. The number of hydrazone groups is 1. The summed E-state index contributed by atoms with van der Waals surface area (Å²) in [5.41, 5.74) is 6.37. The summed E-state index contributed by atoms with van der Waals surface area (Å²) in [6, 6.07) is 19.8. The zero-order chi connectivity index (χ0) is 23.2. The van der Waals surface area contributed by atoms with Crippen LogP contribution in [-0.4, -0.2) is 24.2 Å². The Morgan fingerprint density at radius 1 is 1.06 bits per heavy atom. The third-order valence-electron chi connectivity index (χ3n) is 4.60. The number of nitrogens with one attached hydrogen (secondary N) is 2. The molecule has 0 atom stereocenters.